The van der Waals surface area contributed by atoms with E-state index in [-0.39, 0.29) is 16.3 Å². The Morgan fingerprint density at radius 1 is 1.11 bits per heavy atom. The lowest BCUT2D eigenvalue weighted by Crippen LogP contribution is -2.46. The van der Waals surface area contributed by atoms with E-state index in [0.29, 0.717) is 0 Å². The molecule has 2 N–H and O–H groups in total. The van der Waals surface area contributed by atoms with Gasteiger partial charge in [-0.05, 0) is 23.8 Å². The molecule has 0 fully saturated rings. The van der Waals surface area contributed by atoms with Crippen molar-refractivity contribution in [2.75, 3.05) is 7.11 Å². The zero-order chi connectivity index (χ0) is 13.1. The van der Waals surface area contributed by atoms with Crippen LogP contribution in [0.25, 0.3) is 12.7 Å². The summed E-state index contributed by atoms with van der Waals surface area (Å²) in [6.07, 6.45) is 1.58. The molecule has 18 heavy (non-hydrogen) atoms. The maximum Gasteiger partial charge on any atom is 0.272 e. The zero-order valence-electron chi connectivity index (χ0n) is 9.82. The lowest BCUT2D eigenvalue weighted by atomic mass is 10.2. The minimum Gasteiger partial charge on any atom is -0.497 e. The number of benzene rings is 1. The van der Waals surface area contributed by atoms with Gasteiger partial charge in [-0.3, -0.25) is 9.59 Å². The van der Waals surface area contributed by atoms with E-state index in [1.807, 2.05) is 0 Å². The van der Waals surface area contributed by atoms with Gasteiger partial charge >= 0.3 is 0 Å². The Balaban J connectivity index is 2.57. The Morgan fingerprint density at radius 2 is 1.78 bits per heavy atom. The Morgan fingerprint density at radius 3 is 2.39 bits per heavy atom. The second kappa shape index (κ2) is 4.75. The largest absolute Gasteiger partial charge is 0.497 e. The summed E-state index contributed by atoms with van der Waals surface area (Å²) >= 11 is 0. The molecule has 2 rings (SSSR count). The van der Waals surface area contributed by atoms with Gasteiger partial charge in [-0.25, -0.2) is 0 Å². The van der Waals surface area contributed by atoms with Crippen LogP contribution in [0, 0.1) is 0 Å². The fraction of sp³-hybridized carbons (Fsp3) is 0.0769. The molecule has 92 valence electrons. The third-order valence-corrected chi connectivity index (χ3v) is 2.46. The lowest BCUT2D eigenvalue weighted by Gasteiger charge is -1.98. The van der Waals surface area contributed by atoms with Crippen molar-refractivity contribution in [1.82, 2.24) is 9.97 Å². The predicted molar refractivity (Wildman–Crippen MR) is 69.0 cm³/mol. The van der Waals surface area contributed by atoms with Crippen LogP contribution in [0.3, 0.4) is 0 Å². The van der Waals surface area contributed by atoms with Crippen molar-refractivity contribution in [2.45, 2.75) is 0 Å². The van der Waals surface area contributed by atoms with Gasteiger partial charge in [0.2, 0.25) is 0 Å². The van der Waals surface area contributed by atoms with Crippen molar-refractivity contribution in [2.24, 2.45) is 0 Å². The number of rotatable bonds is 2. The molecule has 0 atom stereocenters. The molecule has 0 bridgehead atoms. The molecule has 0 aliphatic carbocycles. The monoisotopic (exact) mass is 244 g/mol. The summed E-state index contributed by atoms with van der Waals surface area (Å²) in [6.45, 7) is 3.42. The highest BCUT2D eigenvalue weighted by Gasteiger charge is 1.95. The van der Waals surface area contributed by atoms with E-state index in [9.17, 15) is 9.59 Å². The maximum atomic E-state index is 11.6. The van der Waals surface area contributed by atoms with Crippen molar-refractivity contribution in [3.05, 3.63) is 61.2 Å². The number of nitrogens with one attached hydrogen (secondary N) is 2. The van der Waals surface area contributed by atoms with Gasteiger partial charge in [-0.1, -0.05) is 18.7 Å². The average Bonchev–Trinajstić information content (AvgIpc) is 2.37. The van der Waals surface area contributed by atoms with Gasteiger partial charge in [0, 0.05) is 0 Å². The maximum absolute atomic E-state index is 11.6. The Bertz CT molecular complexity index is 770. The van der Waals surface area contributed by atoms with Crippen LogP contribution < -0.4 is 26.6 Å². The zero-order valence-corrected chi connectivity index (χ0v) is 9.82. The molecule has 1 heterocycles. The molecule has 2 aromatic rings. The third kappa shape index (κ3) is 2.40. The van der Waals surface area contributed by atoms with E-state index in [2.05, 4.69) is 16.5 Å². The molecule has 0 radical (unpaired) electrons. The summed E-state index contributed by atoms with van der Waals surface area (Å²) in [7, 11) is 1.58. The van der Waals surface area contributed by atoms with Gasteiger partial charge in [0.25, 0.3) is 11.1 Å². The van der Waals surface area contributed by atoms with Gasteiger partial charge in [0.15, 0.2) is 0 Å². The summed E-state index contributed by atoms with van der Waals surface area (Å²) in [4.78, 5) is 27.8. The molecular formula is C13H12N2O3. The standard InChI is InChI=1S/C13H12N2O3/c1-8-12(16)15-11(13(17)14-8)7-9-3-5-10(18-2)6-4-9/h3-7H,1H2,2H3,(H,14,17)(H,15,16)/b11-7-. The first-order chi connectivity index (χ1) is 8.60. The first kappa shape index (κ1) is 11.9. The van der Waals surface area contributed by atoms with Crippen LogP contribution in [0.15, 0.2) is 33.9 Å². The first-order valence-corrected chi connectivity index (χ1v) is 5.27. The van der Waals surface area contributed by atoms with Crippen molar-refractivity contribution in [1.29, 1.82) is 0 Å². The van der Waals surface area contributed by atoms with Gasteiger partial charge in [-0.2, -0.15) is 0 Å². The number of hydrogen-bond donors (Lipinski definition) is 2. The Hall–Kier alpha value is -2.56. The summed E-state index contributed by atoms with van der Waals surface area (Å²) in [5.41, 5.74) is -0.00135. The summed E-state index contributed by atoms with van der Waals surface area (Å²) in [6, 6.07) is 7.12. The number of ether oxygens (including phenoxy) is 1. The second-order valence-electron chi connectivity index (χ2n) is 3.72. The van der Waals surface area contributed by atoms with Crippen LogP contribution in [0.1, 0.15) is 5.56 Å². The molecule has 0 saturated carbocycles. The van der Waals surface area contributed by atoms with Crippen molar-refractivity contribution < 1.29 is 4.74 Å². The third-order valence-electron chi connectivity index (χ3n) is 2.46. The molecule has 0 aliphatic heterocycles. The van der Waals surface area contributed by atoms with Gasteiger partial charge in [-0.15, -0.1) is 0 Å². The van der Waals surface area contributed by atoms with Crippen LogP contribution >= 0.6 is 0 Å². The van der Waals surface area contributed by atoms with Crippen LogP contribution in [-0.2, 0) is 0 Å². The van der Waals surface area contributed by atoms with Gasteiger partial charge < -0.3 is 14.7 Å². The topological polar surface area (TPSA) is 75.0 Å². The molecule has 0 unspecified atom stereocenters. The number of methoxy groups -OCH3 is 1. The Kier molecular flexibility index (Phi) is 3.14. The van der Waals surface area contributed by atoms with Gasteiger partial charge in [0.1, 0.15) is 11.1 Å². The van der Waals surface area contributed by atoms with E-state index in [0.717, 1.165) is 11.3 Å². The molecular weight excluding hydrogens is 232 g/mol. The minimum atomic E-state index is -0.408. The highest BCUT2D eigenvalue weighted by atomic mass is 16.5. The fourth-order valence-electron chi connectivity index (χ4n) is 1.48. The highest BCUT2D eigenvalue weighted by molar-refractivity contribution is 5.49. The van der Waals surface area contributed by atoms with E-state index in [1.54, 1.807) is 37.5 Å². The summed E-state index contributed by atoms with van der Waals surface area (Å²) in [5, 5.41) is 0.240. The number of aromatic nitrogens is 2. The minimum absolute atomic E-state index is 0.0480. The smallest absolute Gasteiger partial charge is 0.272 e. The fourth-order valence-corrected chi connectivity index (χ4v) is 1.48. The van der Waals surface area contributed by atoms with Crippen LogP contribution in [0.5, 0.6) is 5.75 Å². The van der Waals surface area contributed by atoms with E-state index in [1.165, 1.54) is 0 Å². The molecule has 5 heteroatoms. The molecule has 0 saturated heterocycles. The normalized spacial score (nSPS) is 11.5. The number of aromatic amines is 2. The molecule has 0 aliphatic rings. The Labute approximate surface area is 102 Å². The summed E-state index contributed by atoms with van der Waals surface area (Å²) in [5.74, 6) is 0.725. The van der Waals surface area contributed by atoms with E-state index < -0.39 is 5.56 Å². The quantitative estimate of drug-likeness (QED) is 0.734. The summed E-state index contributed by atoms with van der Waals surface area (Å²) < 4.78 is 5.03. The SMILES string of the molecule is C=c1[nH]c(=O)/c(=C/c2ccc(OC)cc2)[nH]c1=O. The lowest BCUT2D eigenvalue weighted by molar-refractivity contribution is 0.415. The highest BCUT2D eigenvalue weighted by Crippen LogP contribution is 2.11. The average molecular weight is 244 g/mol. The van der Waals surface area contributed by atoms with E-state index in [4.69, 9.17) is 4.74 Å². The molecule has 0 spiro atoms. The molecule has 1 aromatic heterocycles. The number of hydrogen-bond acceptors (Lipinski definition) is 3. The molecule has 5 nitrogen and oxygen atoms in total. The van der Waals surface area contributed by atoms with Crippen molar-refractivity contribution in [3.63, 3.8) is 0 Å². The molecule has 0 amide bonds. The van der Waals surface area contributed by atoms with Crippen LogP contribution in [0.2, 0.25) is 0 Å². The first-order valence-electron chi connectivity index (χ1n) is 5.27. The van der Waals surface area contributed by atoms with Crippen LogP contribution in [-0.4, -0.2) is 17.1 Å². The van der Waals surface area contributed by atoms with E-state index >= 15 is 0 Å². The number of H-pyrrole nitrogens is 2. The molecule has 1 aromatic carbocycles. The van der Waals surface area contributed by atoms with Gasteiger partial charge in [0.05, 0.1) is 12.5 Å². The van der Waals surface area contributed by atoms with Crippen molar-refractivity contribution in [3.8, 4) is 5.75 Å². The van der Waals surface area contributed by atoms with Crippen molar-refractivity contribution >= 4 is 12.7 Å². The predicted octanol–water partition coefficient (Wildman–Crippen LogP) is -0.689. The van der Waals surface area contributed by atoms with Crippen LogP contribution in [0.4, 0.5) is 0 Å². The second-order valence-corrected chi connectivity index (χ2v) is 3.72.